The van der Waals surface area contributed by atoms with Crippen molar-refractivity contribution in [1.82, 2.24) is 5.32 Å². The summed E-state index contributed by atoms with van der Waals surface area (Å²) in [6.07, 6.45) is 2.38. The highest BCUT2D eigenvalue weighted by Crippen LogP contribution is 2.38. The van der Waals surface area contributed by atoms with E-state index in [1.165, 1.54) is 29.2 Å². The molecular weight excluding hydrogens is 286 g/mol. The van der Waals surface area contributed by atoms with Gasteiger partial charge in [-0.3, -0.25) is 0 Å². The van der Waals surface area contributed by atoms with Crippen LogP contribution in [-0.4, -0.2) is 42.2 Å². The maximum absolute atomic E-state index is 5.78. The number of rotatable bonds is 4. The van der Waals surface area contributed by atoms with E-state index >= 15 is 0 Å². The van der Waals surface area contributed by atoms with E-state index in [2.05, 4.69) is 60.2 Å². The quantitative estimate of drug-likeness (QED) is 0.920. The zero-order valence-corrected chi connectivity index (χ0v) is 13.6. The Morgan fingerprint density at radius 1 is 1.35 bits per heavy atom. The van der Waals surface area contributed by atoms with Gasteiger partial charge in [0.15, 0.2) is 0 Å². The highest BCUT2D eigenvalue weighted by atomic mass is 32.2. The molecule has 0 aliphatic carbocycles. The molecule has 3 unspecified atom stereocenters. The first kappa shape index (κ1) is 14.6. The van der Waals surface area contributed by atoms with Gasteiger partial charge in [0.1, 0.15) is 5.75 Å². The number of fused-ring (bicyclic) bond motifs is 1. The van der Waals surface area contributed by atoms with E-state index < -0.39 is 0 Å². The highest BCUT2D eigenvalue weighted by molar-refractivity contribution is 8.06. The second kappa shape index (κ2) is 7.10. The lowest BCUT2D eigenvalue weighted by Gasteiger charge is -2.34. The van der Waals surface area contributed by atoms with E-state index in [0.29, 0.717) is 12.0 Å². The van der Waals surface area contributed by atoms with Gasteiger partial charge in [-0.2, -0.15) is 23.5 Å². The van der Waals surface area contributed by atoms with Crippen molar-refractivity contribution in [2.45, 2.75) is 30.1 Å². The van der Waals surface area contributed by atoms with E-state index in [-0.39, 0.29) is 0 Å². The number of hydrogen-bond donors (Lipinski definition) is 1. The molecule has 3 rings (SSSR count). The zero-order chi connectivity index (χ0) is 13.8. The van der Waals surface area contributed by atoms with Crippen molar-refractivity contribution < 1.29 is 4.74 Å². The minimum Gasteiger partial charge on any atom is -0.493 e. The van der Waals surface area contributed by atoms with Crippen LogP contribution in [0.15, 0.2) is 24.3 Å². The summed E-state index contributed by atoms with van der Waals surface area (Å²) in [7, 11) is 2.12. The largest absolute Gasteiger partial charge is 0.493 e. The fourth-order valence-electron chi connectivity index (χ4n) is 3.16. The zero-order valence-electron chi connectivity index (χ0n) is 12.0. The topological polar surface area (TPSA) is 21.3 Å². The summed E-state index contributed by atoms with van der Waals surface area (Å²) in [5, 5.41) is 4.33. The lowest BCUT2D eigenvalue weighted by atomic mass is 9.87. The second-order valence-electron chi connectivity index (χ2n) is 5.49. The van der Waals surface area contributed by atoms with E-state index in [1.807, 2.05) is 0 Å². The molecule has 0 spiro atoms. The molecule has 2 aliphatic rings. The molecule has 110 valence electrons. The Bertz CT molecular complexity index is 434. The standard InChI is InChI=1S/C16H23NOS2/c1-17-14(16-11-19-8-9-20-16)10-12-6-7-18-15-5-3-2-4-13(12)15/h2-5,12,14,16-17H,6-11H2,1H3. The first-order valence-corrected chi connectivity index (χ1v) is 9.67. The Kier molecular flexibility index (Phi) is 5.19. The van der Waals surface area contributed by atoms with E-state index in [4.69, 9.17) is 4.74 Å². The van der Waals surface area contributed by atoms with Crippen LogP contribution >= 0.6 is 23.5 Å². The molecule has 0 bridgehead atoms. The molecule has 2 aliphatic heterocycles. The highest BCUT2D eigenvalue weighted by Gasteiger charge is 2.29. The summed E-state index contributed by atoms with van der Waals surface area (Å²) in [6, 6.07) is 9.18. The van der Waals surface area contributed by atoms with E-state index in [0.717, 1.165) is 24.0 Å². The van der Waals surface area contributed by atoms with Gasteiger partial charge in [-0.05, 0) is 37.4 Å². The van der Waals surface area contributed by atoms with Crippen molar-refractivity contribution in [3.8, 4) is 5.75 Å². The van der Waals surface area contributed by atoms with Gasteiger partial charge in [0.2, 0.25) is 0 Å². The Morgan fingerprint density at radius 2 is 2.25 bits per heavy atom. The van der Waals surface area contributed by atoms with E-state index in [9.17, 15) is 0 Å². The summed E-state index contributed by atoms with van der Waals surface area (Å²) in [4.78, 5) is 0. The molecule has 1 fully saturated rings. The molecule has 20 heavy (non-hydrogen) atoms. The van der Waals surface area contributed by atoms with Crippen LogP contribution in [0.1, 0.15) is 24.3 Å². The minimum atomic E-state index is 0.615. The predicted octanol–water partition coefficient (Wildman–Crippen LogP) is 3.38. The number of nitrogens with one attached hydrogen (secondary N) is 1. The molecule has 1 aromatic carbocycles. The van der Waals surface area contributed by atoms with Crippen LogP contribution in [0.3, 0.4) is 0 Å². The van der Waals surface area contributed by atoms with Gasteiger partial charge in [0, 0.05) is 28.6 Å². The predicted molar refractivity (Wildman–Crippen MR) is 90.3 cm³/mol. The smallest absolute Gasteiger partial charge is 0.122 e. The van der Waals surface area contributed by atoms with Crippen molar-refractivity contribution in [1.29, 1.82) is 0 Å². The Labute approximate surface area is 130 Å². The monoisotopic (exact) mass is 309 g/mol. The lowest BCUT2D eigenvalue weighted by Crippen LogP contribution is -2.40. The Hall–Kier alpha value is -0.320. The molecular formula is C16H23NOS2. The summed E-state index contributed by atoms with van der Waals surface area (Å²) in [5.74, 6) is 5.66. The average Bonchev–Trinajstić information content (AvgIpc) is 2.53. The van der Waals surface area contributed by atoms with Gasteiger partial charge >= 0.3 is 0 Å². The van der Waals surface area contributed by atoms with Crippen LogP contribution < -0.4 is 10.1 Å². The van der Waals surface area contributed by atoms with Crippen molar-refractivity contribution in [2.24, 2.45) is 0 Å². The SMILES string of the molecule is CNC(CC1CCOc2ccccc21)C1CSCCS1. The first-order chi connectivity index (χ1) is 9.88. The second-order valence-corrected chi connectivity index (χ2v) is 7.98. The van der Waals surface area contributed by atoms with Crippen LogP contribution in [0.4, 0.5) is 0 Å². The molecule has 4 heteroatoms. The summed E-state index contributed by atoms with van der Waals surface area (Å²) < 4.78 is 5.78. The van der Waals surface area contributed by atoms with Gasteiger partial charge in [0.25, 0.3) is 0 Å². The maximum Gasteiger partial charge on any atom is 0.122 e. The van der Waals surface area contributed by atoms with Crippen LogP contribution in [0.2, 0.25) is 0 Å². The molecule has 0 radical (unpaired) electrons. The summed E-state index contributed by atoms with van der Waals surface area (Å²) >= 11 is 4.26. The molecule has 0 aromatic heterocycles. The molecule has 2 heterocycles. The van der Waals surface area contributed by atoms with Gasteiger partial charge in [-0.25, -0.2) is 0 Å². The van der Waals surface area contributed by atoms with Gasteiger partial charge in [-0.15, -0.1) is 0 Å². The first-order valence-electron chi connectivity index (χ1n) is 7.47. The Balaban J connectivity index is 1.70. The average molecular weight is 310 g/mol. The number of ether oxygens (including phenoxy) is 1. The normalized spacial score (nSPS) is 27.4. The van der Waals surface area contributed by atoms with Crippen LogP contribution in [0, 0.1) is 0 Å². The molecule has 0 saturated carbocycles. The molecule has 0 amide bonds. The minimum absolute atomic E-state index is 0.615. The third-order valence-electron chi connectivity index (χ3n) is 4.28. The van der Waals surface area contributed by atoms with Gasteiger partial charge in [0.05, 0.1) is 6.61 Å². The van der Waals surface area contributed by atoms with Gasteiger partial charge in [-0.1, -0.05) is 18.2 Å². The van der Waals surface area contributed by atoms with Crippen molar-refractivity contribution in [3.05, 3.63) is 29.8 Å². The van der Waals surface area contributed by atoms with Gasteiger partial charge < -0.3 is 10.1 Å². The van der Waals surface area contributed by atoms with Crippen LogP contribution in [-0.2, 0) is 0 Å². The third-order valence-corrected chi connectivity index (χ3v) is 7.20. The van der Waals surface area contributed by atoms with Crippen LogP contribution in [0.25, 0.3) is 0 Å². The number of thioether (sulfide) groups is 2. The van der Waals surface area contributed by atoms with Crippen LogP contribution in [0.5, 0.6) is 5.75 Å². The number of benzene rings is 1. The maximum atomic E-state index is 5.78. The number of para-hydroxylation sites is 1. The summed E-state index contributed by atoms with van der Waals surface area (Å²) in [6.45, 7) is 0.866. The Morgan fingerprint density at radius 3 is 3.05 bits per heavy atom. The fourth-order valence-corrected chi connectivity index (χ4v) is 6.10. The lowest BCUT2D eigenvalue weighted by molar-refractivity contribution is 0.256. The van der Waals surface area contributed by atoms with Crippen molar-refractivity contribution >= 4 is 23.5 Å². The van der Waals surface area contributed by atoms with Crippen molar-refractivity contribution in [2.75, 3.05) is 30.9 Å². The number of hydrogen-bond acceptors (Lipinski definition) is 4. The molecule has 2 nitrogen and oxygen atoms in total. The molecule has 1 saturated heterocycles. The molecule has 1 aromatic rings. The summed E-state index contributed by atoms with van der Waals surface area (Å²) in [5.41, 5.74) is 1.41. The van der Waals surface area contributed by atoms with E-state index in [1.54, 1.807) is 0 Å². The molecule has 1 N–H and O–H groups in total. The van der Waals surface area contributed by atoms with Crippen molar-refractivity contribution in [3.63, 3.8) is 0 Å². The molecule has 3 atom stereocenters. The fraction of sp³-hybridized carbons (Fsp3) is 0.625. The third kappa shape index (κ3) is 3.29.